The van der Waals surface area contributed by atoms with Crippen LogP contribution in [0.25, 0.3) is 0 Å². The van der Waals surface area contributed by atoms with Gasteiger partial charge in [0.1, 0.15) is 5.82 Å². The summed E-state index contributed by atoms with van der Waals surface area (Å²) in [5.74, 6) is 1.07. The molecule has 1 heterocycles. The lowest BCUT2D eigenvalue weighted by atomic mass is 9.57. The molecule has 1 saturated carbocycles. The fourth-order valence-electron chi connectivity index (χ4n) is 4.15. The van der Waals surface area contributed by atoms with Crippen molar-refractivity contribution in [3.63, 3.8) is 0 Å². The first kappa shape index (κ1) is 21.4. The van der Waals surface area contributed by atoms with Gasteiger partial charge in [0, 0.05) is 50.2 Å². The van der Waals surface area contributed by atoms with Crippen molar-refractivity contribution >= 4 is 29.9 Å². The fourth-order valence-corrected chi connectivity index (χ4v) is 4.15. The van der Waals surface area contributed by atoms with Gasteiger partial charge in [0.15, 0.2) is 5.96 Å². The third-order valence-corrected chi connectivity index (χ3v) is 5.49. The van der Waals surface area contributed by atoms with Crippen molar-refractivity contribution in [1.29, 1.82) is 0 Å². The van der Waals surface area contributed by atoms with Gasteiger partial charge in [-0.2, -0.15) is 0 Å². The van der Waals surface area contributed by atoms with Crippen LogP contribution < -0.4 is 10.6 Å². The molecule has 2 N–H and O–H groups in total. The number of aliphatic imine (C=N–C) groups is 1. The molecule has 146 valence electrons. The van der Waals surface area contributed by atoms with Crippen LogP contribution in [0.3, 0.4) is 0 Å². The van der Waals surface area contributed by atoms with Gasteiger partial charge in [-0.25, -0.2) is 4.39 Å². The molecule has 5 nitrogen and oxygen atoms in total. The molecular formula is C19H29FIN3O2. The number of guanidine groups is 1. The molecule has 2 fully saturated rings. The molecule has 0 amide bonds. The summed E-state index contributed by atoms with van der Waals surface area (Å²) >= 11 is 0. The highest BCUT2D eigenvalue weighted by Gasteiger charge is 2.59. The average Bonchev–Trinajstić information content (AvgIpc) is 3.05. The molecule has 0 radical (unpaired) electrons. The van der Waals surface area contributed by atoms with Crippen LogP contribution in [0, 0.1) is 17.2 Å². The first-order valence-electron chi connectivity index (χ1n) is 8.82. The number of fused-ring (bicyclic) bond motifs is 1. The van der Waals surface area contributed by atoms with Gasteiger partial charge in [-0.15, -0.1) is 24.0 Å². The summed E-state index contributed by atoms with van der Waals surface area (Å²) in [7, 11) is 3.33. The Morgan fingerprint density at radius 2 is 2.19 bits per heavy atom. The van der Waals surface area contributed by atoms with E-state index >= 15 is 0 Å². The van der Waals surface area contributed by atoms with Crippen LogP contribution in [0.4, 0.5) is 4.39 Å². The van der Waals surface area contributed by atoms with Crippen molar-refractivity contribution in [3.05, 3.63) is 35.1 Å². The minimum atomic E-state index is -0.239. The minimum absolute atomic E-state index is 0. The molecule has 1 saturated heterocycles. The summed E-state index contributed by atoms with van der Waals surface area (Å²) in [5.41, 5.74) is 1.66. The number of methoxy groups -OCH3 is 1. The van der Waals surface area contributed by atoms with Crippen molar-refractivity contribution in [2.45, 2.75) is 45.6 Å². The summed E-state index contributed by atoms with van der Waals surface area (Å²) in [6.45, 7) is 6.17. The second kappa shape index (κ2) is 8.84. The van der Waals surface area contributed by atoms with Crippen LogP contribution in [-0.4, -0.2) is 38.9 Å². The Balaban J connectivity index is 0.00000243. The maximum absolute atomic E-state index is 13.7. The molecule has 3 unspecified atom stereocenters. The number of benzene rings is 1. The van der Waals surface area contributed by atoms with E-state index in [0.29, 0.717) is 30.2 Å². The Bertz CT molecular complexity index is 654. The van der Waals surface area contributed by atoms with Gasteiger partial charge < -0.3 is 20.1 Å². The van der Waals surface area contributed by atoms with Gasteiger partial charge >= 0.3 is 0 Å². The fraction of sp³-hybridized carbons (Fsp3) is 0.632. The van der Waals surface area contributed by atoms with Crippen LogP contribution in [0.15, 0.2) is 23.2 Å². The normalized spacial score (nSPS) is 26.5. The molecule has 0 bridgehead atoms. The number of ether oxygens (including phenoxy) is 2. The standard InChI is InChI=1S/C19H28FN3O2.HI/c1-19(2)16(14-7-8-25-17(14)19)23-18(21-3)22-10-12-5-6-15(20)13(9-12)11-24-4;/h5-6,9,14,16-17H,7-8,10-11H2,1-4H3,(H2,21,22,23);1H. The first-order valence-corrected chi connectivity index (χ1v) is 8.82. The second-order valence-electron chi connectivity index (χ2n) is 7.47. The molecule has 7 heteroatoms. The SMILES string of the molecule is CN=C(NCc1ccc(F)c(COC)c1)NC1C2CCOC2C1(C)C.I. The largest absolute Gasteiger partial charge is 0.380 e. The quantitative estimate of drug-likeness (QED) is 0.389. The van der Waals surface area contributed by atoms with E-state index in [0.717, 1.165) is 24.6 Å². The monoisotopic (exact) mass is 477 g/mol. The molecule has 1 aromatic rings. The molecule has 3 atom stereocenters. The maximum Gasteiger partial charge on any atom is 0.191 e. The predicted molar refractivity (Wildman–Crippen MR) is 111 cm³/mol. The lowest BCUT2D eigenvalue weighted by molar-refractivity contribution is -0.106. The van der Waals surface area contributed by atoms with Gasteiger partial charge in [-0.3, -0.25) is 4.99 Å². The number of nitrogens with one attached hydrogen (secondary N) is 2. The van der Waals surface area contributed by atoms with Crippen LogP contribution in [0.1, 0.15) is 31.4 Å². The molecule has 3 rings (SSSR count). The van der Waals surface area contributed by atoms with E-state index in [9.17, 15) is 4.39 Å². The van der Waals surface area contributed by atoms with Crippen LogP contribution in [-0.2, 0) is 22.6 Å². The average molecular weight is 477 g/mol. The third kappa shape index (κ3) is 4.14. The topological polar surface area (TPSA) is 54.9 Å². The van der Waals surface area contributed by atoms with Gasteiger partial charge in [0.2, 0.25) is 0 Å². The number of hydrogen-bond donors (Lipinski definition) is 2. The van der Waals surface area contributed by atoms with Gasteiger partial charge in [-0.05, 0) is 24.1 Å². The number of nitrogens with zero attached hydrogens (tertiary/aromatic N) is 1. The van der Waals surface area contributed by atoms with Crippen molar-refractivity contribution < 1.29 is 13.9 Å². The number of hydrogen-bond acceptors (Lipinski definition) is 3. The zero-order valence-corrected chi connectivity index (χ0v) is 18.2. The van der Waals surface area contributed by atoms with Crippen LogP contribution in [0.5, 0.6) is 0 Å². The number of halogens is 2. The predicted octanol–water partition coefficient (Wildman–Crippen LogP) is 3.07. The van der Waals surface area contributed by atoms with E-state index in [1.165, 1.54) is 6.07 Å². The molecule has 26 heavy (non-hydrogen) atoms. The summed E-state index contributed by atoms with van der Waals surface area (Å²) in [6, 6.07) is 5.44. The third-order valence-electron chi connectivity index (χ3n) is 5.49. The lowest BCUT2D eigenvalue weighted by Crippen LogP contribution is -2.67. The maximum atomic E-state index is 13.7. The molecule has 0 spiro atoms. The van der Waals surface area contributed by atoms with E-state index in [4.69, 9.17) is 9.47 Å². The van der Waals surface area contributed by atoms with Gasteiger partial charge in [0.25, 0.3) is 0 Å². The highest BCUT2D eigenvalue weighted by atomic mass is 127. The lowest BCUT2D eigenvalue weighted by Gasteiger charge is -2.54. The van der Waals surface area contributed by atoms with Crippen molar-refractivity contribution in [2.24, 2.45) is 16.3 Å². The Morgan fingerprint density at radius 3 is 2.88 bits per heavy atom. The molecule has 1 aromatic carbocycles. The van der Waals surface area contributed by atoms with Gasteiger partial charge in [0.05, 0.1) is 12.7 Å². The first-order chi connectivity index (χ1) is 12.0. The van der Waals surface area contributed by atoms with E-state index in [1.54, 1.807) is 20.2 Å². The molecular weight excluding hydrogens is 448 g/mol. The van der Waals surface area contributed by atoms with E-state index < -0.39 is 0 Å². The van der Waals surface area contributed by atoms with Gasteiger partial charge in [-0.1, -0.05) is 19.9 Å². The van der Waals surface area contributed by atoms with E-state index in [2.05, 4.69) is 29.5 Å². The number of rotatable bonds is 5. The van der Waals surface area contributed by atoms with Crippen molar-refractivity contribution in [1.82, 2.24) is 10.6 Å². The zero-order valence-electron chi connectivity index (χ0n) is 15.8. The zero-order chi connectivity index (χ0) is 18.0. The van der Waals surface area contributed by atoms with E-state index in [-0.39, 0.29) is 41.8 Å². The highest BCUT2D eigenvalue weighted by molar-refractivity contribution is 14.0. The second-order valence-corrected chi connectivity index (χ2v) is 7.47. The Labute approximate surface area is 172 Å². The summed E-state index contributed by atoms with van der Waals surface area (Å²) < 4.78 is 24.6. The summed E-state index contributed by atoms with van der Waals surface area (Å²) in [4.78, 5) is 4.34. The molecule has 1 aliphatic heterocycles. The molecule has 0 aromatic heterocycles. The van der Waals surface area contributed by atoms with Crippen LogP contribution >= 0.6 is 24.0 Å². The van der Waals surface area contributed by atoms with E-state index in [1.807, 2.05) is 6.07 Å². The Kier molecular flexibility index (Phi) is 7.27. The Morgan fingerprint density at radius 1 is 1.42 bits per heavy atom. The van der Waals surface area contributed by atoms with Crippen molar-refractivity contribution in [3.8, 4) is 0 Å². The molecule has 1 aliphatic carbocycles. The minimum Gasteiger partial charge on any atom is -0.380 e. The van der Waals surface area contributed by atoms with Crippen LogP contribution in [0.2, 0.25) is 0 Å². The van der Waals surface area contributed by atoms with Crippen molar-refractivity contribution in [2.75, 3.05) is 20.8 Å². The highest BCUT2D eigenvalue weighted by Crippen LogP contribution is 2.52. The summed E-state index contributed by atoms with van der Waals surface area (Å²) in [5, 5.41) is 6.87. The Hall–Kier alpha value is -0.930. The smallest absolute Gasteiger partial charge is 0.191 e. The molecule has 2 aliphatic rings. The summed E-state index contributed by atoms with van der Waals surface area (Å²) in [6.07, 6.45) is 1.44.